The number of esters is 1. The molecule has 2 nitrogen and oxygen atoms in total. The first kappa shape index (κ1) is 9.85. The van der Waals surface area contributed by atoms with Crippen LogP contribution in [-0.4, -0.2) is 18.0 Å². The third-order valence-electron chi connectivity index (χ3n) is 2.49. The number of halogens is 1. The number of rotatable bonds is 3. The molecule has 70 valence electrons. The van der Waals surface area contributed by atoms with Crippen LogP contribution in [0, 0.1) is 5.92 Å². The van der Waals surface area contributed by atoms with Crippen molar-refractivity contribution in [2.24, 2.45) is 5.92 Å². The standard InChI is InChI=1S/C9H15ClO2/c1-7(12-9(11)6-10)8-4-2-3-5-8/h7-8H,2-6H2,1H3. The third kappa shape index (κ3) is 2.67. The average Bonchev–Trinajstić information content (AvgIpc) is 2.56. The topological polar surface area (TPSA) is 26.3 Å². The summed E-state index contributed by atoms with van der Waals surface area (Å²) in [5.74, 6) is 0.241. The average molecular weight is 191 g/mol. The fraction of sp³-hybridized carbons (Fsp3) is 0.889. The summed E-state index contributed by atoms with van der Waals surface area (Å²) in [5.41, 5.74) is 0. The van der Waals surface area contributed by atoms with E-state index in [2.05, 4.69) is 0 Å². The molecule has 1 rings (SSSR count). The second kappa shape index (κ2) is 4.70. The highest BCUT2D eigenvalue weighted by atomic mass is 35.5. The molecule has 12 heavy (non-hydrogen) atoms. The summed E-state index contributed by atoms with van der Waals surface area (Å²) in [7, 11) is 0. The molecule has 0 aromatic carbocycles. The summed E-state index contributed by atoms with van der Waals surface area (Å²) in [4.78, 5) is 10.8. The predicted molar refractivity (Wildman–Crippen MR) is 48.2 cm³/mol. The zero-order chi connectivity index (χ0) is 8.97. The molecule has 0 aromatic rings. The van der Waals surface area contributed by atoms with Gasteiger partial charge in [-0.15, -0.1) is 11.6 Å². The van der Waals surface area contributed by atoms with Crippen molar-refractivity contribution in [3.8, 4) is 0 Å². The summed E-state index contributed by atoms with van der Waals surface area (Å²) in [6.07, 6.45) is 4.98. The smallest absolute Gasteiger partial charge is 0.321 e. The Hall–Kier alpha value is -0.240. The summed E-state index contributed by atoms with van der Waals surface area (Å²) in [5, 5.41) is 0. The van der Waals surface area contributed by atoms with Crippen molar-refractivity contribution < 1.29 is 9.53 Å². The molecule has 3 heteroatoms. The fourth-order valence-electron chi connectivity index (χ4n) is 1.76. The minimum atomic E-state index is -0.295. The normalized spacial score (nSPS) is 20.8. The zero-order valence-electron chi connectivity index (χ0n) is 7.38. The Kier molecular flexibility index (Phi) is 3.86. The fourth-order valence-corrected chi connectivity index (χ4v) is 1.82. The second-order valence-corrected chi connectivity index (χ2v) is 3.64. The molecule has 1 fully saturated rings. The molecule has 0 heterocycles. The summed E-state index contributed by atoms with van der Waals surface area (Å²) >= 11 is 5.33. The van der Waals surface area contributed by atoms with Crippen LogP contribution < -0.4 is 0 Å². The highest BCUT2D eigenvalue weighted by Gasteiger charge is 2.23. The largest absolute Gasteiger partial charge is 0.461 e. The van der Waals surface area contributed by atoms with Gasteiger partial charge in [-0.25, -0.2) is 0 Å². The predicted octanol–water partition coefficient (Wildman–Crippen LogP) is 2.35. The maximum absolute atomic E-state index is 10.8. The van der Waals surface area contributed by atoms with E-state index in [0.717, 1.165) is 0 Å². The van der Waals surface area contributed by atoms with Crippen molar-refractivity contribution in [3.63, 3.8) is 0 Å². The molecule has 1 atom stereocenters. The lowest BCUT2D eigenvalue weighted by atomic mass is 10.0. The van der Waals surface area contributed by atoms with Gasteiger partial charge in [-0.1, -0.05) is 12.8 Å². The molecular formula is C9H15ClO2. The molecule has 0 spiro atoms. The highest BCUT2D eigenvalue weighted by Crippen LogP contribution is 2.28. The number of alkyl halides is 1. The van der Waals surface area contributed by atoms with E-state index in [1.807, 2.05) is 6.92 Å². The van der Waals surface area contributed by atoms with Gasteiger partial charge in [0.15, 0.2) is 0 Å². The van der Waals surface area contributed by atoms with Crippen molar-refractivity contribution in [2.45, 2.75) is 38.7 Å². The van der Waals surface area contributed by atoms with Gasteiger partial charge in [0, 0.05) is 0 Å². The molecule has 1 aliphatic carbocycles. The van der Waals surface area contributed by atoms with Crippen LogP contribution in [0.3, 0.4) is 0 Å². The van der Waals surface area contributed by atoms with Gasteiger partial charge in [-0.05, 0) is 25.7 Å². The maximum atomic E-state index is 10.8. The molecular weight excluding hydrogens is 176 g/mol. The van der Waals surface area contributed by atoms with Crippen LogP contribution >= 0.6 is 11.6 Å². The molecule has 0 N–H and O–H groups in total. The van der Waals surface area contributed by atoms with E-state index in [-0.39, 0.29) is 18.0 Å². The Morgan fingerprint density at radius 1 is 1.58 bits per heavy atom. The summed E-state index contributed by atoms with van der Waals surface area (Å²) in [6, 6.07) is 0. The Bertz CT molecular complexity index is 153. The number of carbonyl (C=O) groups is 1. The van der Waals surface area contributed by atoms with Gasteiger partial charge in [0.05, 0.1) is 0 Å². The summed E-state index contributed by atoms with van der Waals surface area (Å²) < 4.78 is 5.11. The van der Waals surface area contributed by atoms with Crippen LogP contribution in [-0.2, 0) is 9.53 Å². The van der Waals surface area contributed by atoms with Crippen molar-refractivity contribution >= 4 is 17.6 Å². The van der Waals surface area contributed by atoms with E-state index < -0.39 is 0 Å². The van der Waals surface area contributed by atoms with Crippen LogP contribution in [0.15, 0.2) is 0 Å². The molecule has 0 radical (unpaired) electrons. The van der Waals surface area contributed by atoms with E-state index >= 15 is 0 Å². The first-order valence-electron chi connectivity index (χ1n) is 4.49. The molecule has 1 aliphatic rings. The van der Waals surface area contributed by atoms with Crippen molar-refractivity contribution in [1.82, 2.24) is 0 Å². The van der Waals surface area contributed by atoms with Gasteiger partial charge in [0.2, 0.25) is 0 Å². The van der Waals surface area contributed by atoms with Crippen LogP contribution in [0.2, 0.25) is 0 Å². The van der Waals surface area contributed by atoms with Crippen molar-refractivity contribution in [2.75, 3.05) is 5.88 Å². The van der Waals surface area contributed by atoms with E-state index in [4.69, 9.17) is 16.3 Å². The Morgan fingerprint density at radius 3 is 2.67 bits per heavy atom. The molecule has 1 unspecified atom stereocenters. The number of ether oxygens (including phenoxy) is 1. The first-order chi connectivity index (χ1) is 5.74. The lowest BCUT2D eigenvalue weighted by Gasteiger charge is -2.18. The molecule has 0 amide bonds. The minimum Gasteiger partial charge on any atom is -0.461 e. The van der Waals surface area contributed by atoms with Gasteiger partial charge in [-0.2, -0.15) is 0 Å². The van der Waals surface area contributed by atoms with E-state index in [9.17, 15) is 4.79 Å². The van der Waals surface area contributed by atoms with Crippen LogP contribution in [0.5, 0.6) is 0 Å². The van der Waals surface area contributed by atoms with E-state index in [1.165, 1.54) is 25.7 Å². The number of hydrogen-bond donors (Lipinski definition) is 0. The zero-order valence-corrected chi connectivity index (χ0v) is 8.14. The third-order valence-corrected chi connectivity index (χ3v) is 2.71. The van der Waals surface area contributed by atoms with Crippen molar-refractivity contribution in [3.05, 3.63) is 0 Å². The van der Waals surface area contributed by atoms with Crippen molar-refractivity contribution in [1.29, 1.82) is 0 Å². The van der Waals surface area contributed by atoms with Gasteiger partial charge < -0.3 is 4.74 Å². The van der Waals surface area contributed by atoms with Gasteiger partial charge >= 0.3 is 5.97 Å². The monoisotopic (exact) mass is 190 g/mol. The van der Waals surface area contributed by atoms with Gasteiger partial charge in [-0.3, -0.25) is 4.79 Å². The number of carbonyl (C=O) groups excluding carboxylic acids is 1. The molecule has 0 bridgehead atoms. The second-order valence-electron chi connectivity index (χ2n) is 3.37. The highest BCUT2D eigenvalue weighted by molar-refractivity contribution is 6.26. The van der Waals surface area contributed by atoms with E-state index in [0.29, 0.717) is 5.92 Å². The lowest BCUT2D eigenvalue weighted by molar-refractivity contribution is -0.147. The van der Waals surface area contributed by atoms with E-state index in [1.54, 1.807) is 0 Å². The molecule has 0 aromatic heterocycles. The molecule has 1 saturated carbocycles. The van der Waals surface area contributed by atoms with Gasteiger partial charge in [0.25, 0.3) is 0 Å². The maximum Gasteiger partial charge on any atom is 0.321 e. The Labute approximate surface area is 78.2 Å². The SMILES string of the molecule is CC(OC(=O)CCl)C1CCCC1. The summed E-state index contributed by atoms with van der Waals surface area (Å²) in [6.45, 7) is 1.96. The molecule has 0 aliphatic heterocycles. The first-order valence-corrected chi connectivity index (χ1v) is 5.03. The van der Waals surface area contributed by atoms with Crippen LogP contribution in [0.4, 0.5) is 0 Å². The lowest BCUT2D eigenvalue weighted by Crippen LogP contribution is -2.22. The molecule has 0 saturated heterocycles. The van der Waals surface area contributed by atoms with Crippen LogP contribution in [0.25, 0.3) is 0 Å². The van der Waals surface area contributed by atoms with Crippen LogP contribution in [0.1, 0.15) is 32.6 Å². The Balaban J connectivity index is 2.26. The minimum absolute atomic E-state index is 0.0307. The number of hydrogen-bond acceptors (Lipinski definition) is 2. The Morgan fingerprint density at radius 2 is 2.17 bits per heavy atom. The quantitative estimate of drug-likeness (QED) is 0.505. The van der Waals surface area contributed by atoms with Gasteiger partial charge in [0.1, 0.15) is 12.0 Å².